The van der Waals surface area contributed by atoms with Gasteiger partial charge in [0.15, 0.2) is 0 Å². The van der Waals surface area contributed by atoms with Crippen LogP contribution in [0.15, 0.2) is 47.4 Å². The van der Waals surface area contributed by atoms with E-state index in [1.807, 2.05) is 19.1 Å². The molecule has 21 heavy (non-hydrogen) atoms. The molecule has 5 nitrogen and oxygen atoms in total. The smallest absolute Gasteiger partial charge is 0.248 e. The minimum Gasteiger partial charge on any atom is -0.322 e. The average Bonchev–Trinajstić information content (AvgIpc) is 2.82. The number of nitrogens with two attached hydrogens (primary N) is 1. The predicted molar refractivity (Wildman–Crippen MR) is 84.5 cm³/mol. The van der Waals surface area contributed by atoms with E-state index in [1.54, 1.807) is 23.5 Å². The highest BCUT2D eigenvalue weighted by molar-refractivity contribution is 7.89. The van der Waals surface area contributed by atoms with Crippen molar-refractivity contribution < 1.29 is 13.2 Å². The van der Waals surface area contributed by atoms with Crippen molar-refractivity contribution in [2.75, 3.05) is 5.32 Å². The lowest BCUT2D eigenvalue weighted by Crippen LogP contribution is -2.13. The predicted octanol–water partition coefficient (Wildman–Crippen LogP) is 2.36. The van der Waals surface area contributed by atoms with Crippen molar-refractivity contribution in [1.29, 1.82) is 0 Å². The second kappa shape index (κ2) is 6.21. The number of hydrogen-bond donors (Lipinski definition) is 2. The number of thiophene rings is 1. The molecule has 0 unspecified atom stereocenters. The van der Waals surface area contributed by atoms with E-state index in [0.29, 0.717) is 5.69 Å². The van der Waals surface area contributed by atoms with Gasteiger partial charge in [-0.25, -0.2) is 13.6 Å². The van der Waals surface area contributed by atoms with Gasteiger partial charge in [0.25, 0.3) is 0 Å². The fraction of sp³-hybridized carbons (Fsp3) is 0.0714. The number of benzene rings is 1. The Kier molecular flexibility index (Phi) is 4.56. The third-order valence-corrected chi connectivity index (χ3v) is 4.47. The van der Waals surface area contributed by atoms with Gasteiger partial charge in [-0.3, -0.25) is 4.79 Å². The van der Waals surface area contributed by atoms with Crippen molar-refractivity contribution in [3.05, 3.63) is 52.2 Å². The van der Waals surface area contributed by atoms with Crippen molar-refractivity contribution in [2.24, 2.45) is 5.14 Å². The molecule has 0 aliphatic heterocycles. The summed E-state index contributed by atoms with van der Waals surface area (Å²) in [6, 6.07) is 9.69. The van der Waals surface area contributed by atoms with Crippen molar-refractivity contribution in [2.45, 2.75) is 11.8 Å². The van der Waals surface area contributed by atoms with Crippen LogP contribution in [0.2, 0.25) is 0 Å². The second-order valence-electron chi connectivity index (χ2n) is 4.34. The van der Waals surface area contributed by atoms with Gasteiger partial charge in [0.05, 0.1) is 4.90 Å². The molecule has 0 aliphatic rings. The lowest BCUT2D eigenvalue weighted by atomic mass is 10.3. The highest BCUT2D eigenvalue weighted by atomic mass is 32.2. The van der Waals surface area contributed by atoms with Gasteiger partial charge in [0, 0.05) is 21.5 Å². The number of anilines is 1. The molecule has 110 valence electrons. The number of primary sulfonamides is 1. The molecule has 2 rings (SSSR count). The van der Waals surface area contributed by atoms with Crippen LogP contribution in [0.4, 0.5) is 5.69 Å². The maximum atomic E-state index is 11.8. The van der Waals surface area contributed by atoms with Gasteiger partial charge in [-0.2, -0.15) is 0 Å². The van der Waals surface area contributed by atoms with Gasteiger partial charge >= 0.3 is 0 Å². The van der Waals surface area contributed by atoms with Gasteiger partial charge in [-0.1, -0.05) is 6.07 Å². The maximum Gasteiger partial charge on any atom is 0.248 e. The first-order valence-corrected chi connectivity index (χ1v) is 8.39. The molecule has 1 aromatic heterocycles. The van der Waals surface area contributed by atoms with E-state index < -0.39 is 10.0 Å². The minimum atomic E-state index is -3.78. The van der Waals surface area contributed by atoms with Crippen LogP contribution < -0.4 is 10.5 Å². The Hall–Kier alpha value is -1.96. The third kappa shape index (κ3) is 4.52. The van der Waals surface area contributed by atoms with Crippen LogP contribution in [-0.4, -0.2) is 14.3 Å². The van der Waals surface area contributed by atoms with Gasteiger partial charge < -0.3 is 5.32 Å². The van der Waals surface area contributed by atoms with Crippen molar-refractivity contribution in [3.63, 3.8) is 0 Å². The van der Waals surface area contributed by atoms with E-state index in [2.05, 4.69) is 5.32 Å². The molecular formula is C14H14N2O3S2. The Bertz CT molecular complexity index is 792. The number of aryl methyl sites for hydroxylation is 1. The normalized spacial score (nSPS) is 11.7. The molecule has 1 aromatic carbocycles. The molecule has 0 fully saturated rings. The Morgan fingerprint density at radius 1 is 1.29 bits per heavy atom. The third-order valence-electron chi connectivity index (χ3n) is 2.59. The summed E-state index contributed by atoms with van der Waals surface area (Å²) < 4.78 is 22.5. The molecule has 0 radical (unpaired) electrons. The Balaban J connectivity index is 2.08. The summed E-state index contributed by atoms with van der Waals surface area (Å²) in [6.07, 6.45) is 3.10. The monoisotopic (exact) mass is 322 g/mol. The summed E-state index contributed by atoms with van der Waals surface area (Å²) in [5.74, 6) is -0.340. The standard InChI is InChI=1S/C14H14N2O3S2/c1-10-5-6-12(20-10)7-8-14(17)16-11-3-2-4-13(9-11)21(15,18)19/h2-9H,1H3,(H,16,17)(H2,15,18,19)/b8-7+. The van der Waals surface area contributed by atoms with Crippen LogP contribution in [0.25, 0.3) is 6.08 Å². The van der Waals surface area contributed by atoms with E-state index in [4.69, 9.17) is 5.14 Å². The molecule has 1 heterocycles. The van der Waals surface area contributed by atoms with Gasteiger partial charge in [0.2, 0.25) is 15.9 Å². The van der Waals surface area contributed by atoms with Crippen molar-refractivity contribution in [3.8, 4) is 0 Å². The molecule has 2 aromatic rings. The van der Waals surface area contributed by atoms with Crippen molar-refractivity contribution >= 4 is 39.0 Å². The highest BCUT2D eigenvalue weighted by Crippen LogP contribution is 2.17. The quantitative estimate of drug-likeness (QED) is 0.847. The zero-order valence-electron chi connectivity index (χ0n) is 11.2. The zero-order valence-corrected chi connectivity index (χ0v) is 12.9. The van der Waals surface area contributed by atoms with Crippen LogP contribution in [0.1, 0.15) is 9.75 Å². The topological polar surface area (TPSA) is 89.3 Å². The number of rotatable bonds is 4. The second-order valence-corrected chi connectivity index (χ2v) is 7.22. The van der Waals surface area contributed by atoms with Crippen molar-refractivity contribution in [1.82, 2.24) is 0 Å². The average molecular weight is 322 g/mol. The van der Waals surface area contributed by atoms with E-state index >= 15 is 0 Å². The molecule has 3 N–H and O–H groups in total. The molecule has 7 heteroatoms. The zero-order chi connectivity index (χ0) is 15.5. The summed E-state index contributed by atoms with van der Waals surface area (Å²) in [5, 5.41) is 7.63. The number of hydrogen-bond acceptors (Lipinski definition) is 4. The van der Waals surface area contributed by atoms with Crippen LogP contribution in [0.3, 0.4) is 0 Å². The molecule has 1 amide bonds. The molecular weight excluding hydrogens is 308 g/mol. The van der Waals surface area contributed by atoms with Crippen LogP contribution in [0, 0.1) is 6.92 Å². The summed E-state index contributed by atoms with van der Waals surface area (Å²) >= 11 is 1.58. The fourth-order valence-corrected chi connectivity index (χ4v) is 2.98. The molecule has 0 bridgehead atoms. The number of amides is 1. The van der Waals surface area contributed by atoms with E-state index in [-0.39, 0.29) is 10.8 Å². The van der Waals surface area contributed by atoms with Gasteiger partial charge in [-0.15, -0.1) is 11.3 Å². The first-order valence-electron chi connectivity index (χ1n) is 6.03. The number of carbonyl (C=O) groups excluding carboxylic acids is 1. The number of carbonyl (C=O) groups is 1. The molecule has 0 saturated carbocycles. The Morgan fingerprint density at radius 3 is 2.67 bits per heavy atom. The fourth-order valence-electron chi connectivity index (χ4n) is 1.64. The first-order chi connectivity index (χ1) is 9.84. The maximum absolute atomic E-state index is 11.8. The summed E-state index contributed by atoms with van der Waals surface area (Å²) in [7, 11) is -3.78. The minimum absolute atomic E-state index is 0.0434. The lowest BCUT2D eigenvalue weighted by Gasteiger charge is -2.04. The number of nitrogens with one attached hydrogen (secondary N) is 1. The van der Waals surface area contributed by atoms with Crippen LogP contribution >= 0.6 is 11.3 Å². The molecule has 0 saturated heterocycles. The van der Waals surface area contributed by atoms with Gasteiger partial charge in [-0.05, 0) is 43.3 Å². The van der Waals surface area contributed by atoms with Crippen LogP contribution in [-0.2, 0) is 14.8 Å². The summed E-state index contributed by atoms with van der Waals surface area (Å²) in [5.41, 5.74) is 0.374. The van der Waals surface area contributed by atoms with E-state index in [1.165, 1.54) is 24.3 Å². The highest BCUT2D eigenvalue weighted by Gasteiger charge is 2.08. The largest absolute Gasteiger partial charge is 0.322 e. The molecule has 0 spiro atoms. The lowest BCUT2D eigenvalue weighted by molar-refractivity contribution is -0.111. The SMILES string of the molecule is Cc1ccc(/C=C/C(=O)Nc2cccc(S(N)(=O)=O)c2)s1. The molecule has 0 aliphatic carbocycles. The Morgan fingerprint density at radius 2 is 2.05 bits per heavy atom. The summed E-state index contributed by atoms with van der Waals surface area (Å²) in [6.45, 7) is 1.99. The summed E-state index contributed by atoms with van der Waals surface area (Å²) in [4.78, 5) is 13.9. The molecule has 0 atom stereocenters. The number of sulfonamides is 1. The van der Waals surface area contributed by atoms with E-state index in [0.717, 1.165) is 9.75 Å². The Labute approximate surface area is 127 Å². The van der Waals surface area contributed by atoms with Crippen LogP contribution in [0.5, 0.6) is 0 Å². The first kappa shape index (κ1) is 15.4. The van der Waals surface area contributed by atoms with E-state index in [9.17, 15) is 13.2 Å². The van der Waals surface area contributed by atoms with Gasteiger partial charge in [0.1, 0.15) is 0 Å².